The number of nitrogens with zero attached hydrogens (tertiary/aromatic N) is 3. The molecule has 0 radical (unpaired) electrons. The minimum absolute atomic E-state index is 0.143. The van der Waals surface area contributed by atoms with Crippen LogP contribution in [0.2, 0.25) is 0 Å². The summed E-state index contributed by atoms with van der Waals surface area (Å²) in [5.41, 5.74) is 11.5. The Labute approximate surface area is 119 Å². The third kappa shape index (κ3) is 2.55. The molecule has 0 saturated heterocycles. The molecule has 106 valence electrons. The van der Waals surface area contributed by atoms with Crippen LogP contribution in [0.3, 0.4) is 0 Å². The van der Waals surface area contributed by atoms with Crippen LogP contribution in [-0.2, 0) is 4.79 Å². The summed E-state index contributed by atoms with van der Waals surface area (Å²) in [6.07, 6.45) is 1.52. The molecule has 2 heterocycles. The number of nitrogens with two attached hydrogens (primary N) is 2. The lowest BCUT2D eigenvalue weighted by Gasteiger charge is -2.24. The van der Waals surface area contributed by atoms with Crippen LogP contribution in [0, 0.1) is 0 Å². The van der Waals surface area contributed by atoms with Gasteiger partial charge in [0.25, 0.3) is 5.91 Å². The van der Waals surface area contributed by atoms with Gasteiger partial charge in [-0.3, -0.25) is 9.59 Å². The molecule has 0 aliphatic carbocycles. The van der Waals surface area contributed by atoms with Crippen molar-refractivity contribution in [1.29, 1.82) is 0 Å². The maximum atomic E-state index is 12.5. The van der Waals surface area contributed by atoms with Crippen molar-refractivity contribution in [2.75, 3.05) is 12.3 Å². The summed E-state index contributed by atoms with van der Waals surface area (Å²) in [6, 6.07) is 1.55. The Hall–Kier alpha value is -2.22. The van der Waals surface area contributed by atoms with Crippen molar-refractivity contribution in [3.05, 3.63) is 17.1 Å². The SMILES string of the molecule is CC(C)N(CC(N)=O)C(=O)c1sc2nnccc2c1N. The van der Waals surface area contributed by atoms with Crippen LogP contribution in [0.15, 0.2) is 12.3 Å². The average Bonchev–Trinajstić information content (AvgIpc) is 2.73. The zero-order valence-corrected chi connectivity index (χ0v) is 12.0. The van der Waals surface area contributed by atoms with Gasteiger partial charge in [-0.1, -0.05) is 0 Å². The fourth-order valence-corrected chi connectivity index (χ4v) is 2.81. The lowest BCUT2D eigenvalue weighted by atomic mass is 10.2. The number of amides is 2. The van der Waals surface area contributed by atoms with Gasteiger partial charge in [0.1, 0.15) is 9.71 Å². The Balaban J connectivity index is 2.43. The lowest BCUT2D eigenvalue weighted by molar-refractivity contribution is -0.119. The van der Waals surface area contributed by atoms with Crippen LogP contribution in [0.25, 0.3) is 10.2 Å². The normalized spacial score (nSPS) is 10.9. The number of aromatic nitrogens is 2. The Morgan fingerprint density at radius 2 is 2.15 bits per heavy atom. The molecule has 4 N–H and O–H groups in total. The molecule has 0 aromatic carbocycles. The minimum Gasteiger partial charge on any atom is -0.397 e. The van der Waals surface area contributed by atoms with E-state index >= 15 is 0 Å². The van der Waals surface area contributed by atoms with Crippen molar-refractivity contribution in [2.24, 2.45) is 5.73 Å². The third-order valence-corrected chi connectivity index (χ3v) is 3.92. The monoisotopic (exact) mass is 293 g/mol. The predicted molar refractivity (Wildman–Crippen MR) is 77.2 cm³/mol. The smallest absolute Gasteiger partial charge is 0.266 e. The summed E-state index contributed by atoms with van der Waals surface area (Å²) in [5, 5.41) is 8.39. The maximum absolute atomic E-state index is 12.5. The average molecular weight is 293 g/mol. The molecule has 0 unspecified atom stereocenters. The zero-order chi connectivity index (χ0) is 14.9. The molecule has 0 aliphatic rings. The second-order valence-electron chi connectivity index (χ2n) is 4.59. The number of primary amides is 1. The van der Waals surface area contributed by atoms with Crippen molar-refractivity contribution in [3.63, 3.8) is 0 Å². The van der Waals surface area contributed by atoms with Gasteiger partial charge >= 0.3 is 0 Å². The molecule has 0 fully saturated rings. The Morgan fingerprint density at radius 1 is 1.45 bits per heavy atom. The van der Waals surface area contributed by atoms with Crippen LogP contribution in [0.5, 0.6) is 0 Å². The quantitative estimate of drug-likeness (QED) is 0.857. The van der Waals surface area contributed by atoms with E-state index < -0.39 is 5.91 Å². The Morgan fingerprint density at radius 3 is 2.70 bits per heavy atom. The van der Waals surface area contributed by atoms with E-state index in [9.17, 15) is 9.59 Å². The van der Waals surface area contributed by atoms with Crippen molar-refractivity contribution in [1.82, 2.24) is 15.1 Å². The summed E-state index contributed by atoms with van der Waals surface area (Å²) in [6.45, 7) is 3.48. The van der Waals surface area contributed by atoms with Gasteiger partial charge in [0.2, 0.25) is 5.91 Å². The van der Waals surface area contributed by atoms with Gasteiger partial charge in [0.15, 0.2) is 0 Å². The van der Waals surface area contributed by atoms with Crippen LogP contribution in [0.4, 0.5) is 5.69 Å². The van der Waals surface area contributed by atoms with E-state index in [0.29, 0.717) is 20.8 Å². The Bertz CT molecular complexity index is 667. The summed E-state index contributed by atoms with van der Waals surface area (Å²) in [5.74, 6) is -0.883. The van der Waals surface area contributed by atoms with Gasteiger partial charge in [0, 0.05) is 11.4 Å². The molecule has 0 atom stereocenters. The van der Waals surface area contributed by atoms with E-state index in [1.54, 1.807) is 6.07 Å². The summed E-state index contributed by atoms with van der Waals surface area (Å²) >= 11 is 1.16. The van der Waals surface area contributed by atoms with E-state index in [2.05, 4.69) is 10.2 Å². The topological polar surface area (TPSA) is 115 Å². The Kier molecular flexibility index (Phi) is 3.84. The third-order valence-electron chi connectivity index (χ3n) is 2.83. The van der Waals surface area contributed by atoms with Gasteiger partial charge in [-0.25, -0.2) is 0 Å². The number of carbonyl (C=O) groups is 2. The largest absolute Gasteiger partial charge is 0.397 e. The molecular formula is C12H15N5O2S. The molecular weight excluding hydrogens is 278 g/mol. The fourth-order valence-electron chi connectivity index (χ4n) is 1.82. The second-order valence-corrected chi connectivity index (χ2v) is 5.59. The van der Waals surface area contributed by atoms with Crippen LogP contribution in [0.1, 0.15) is 23.5 Å². The van der Waals surface area contributed by atoms with E-state index in [-0.39, 0.29) is 18.5 Å². The van der Waals surface area contributed by atoms with Crippen LogP contribution >= 0.6 is 11.3 Å². The highest BCUT2D eigenvalue weighted by Crippen LogP contribution is 2.32. The molecule has 2 aromatic heterocycles. The number of nitrogen functional groups attached to an aromatic ring is 1. The van der Waals surface area contributed by atoms with Crippen molar-refractivity contribution in [3.8, 4) is 0 Å². The minimum atomic E-state index is -0.563. The highest BCUT2D eigenvalue weighted by molar-refractivity contribution is 7.21. The number of hydrogen-bond acceptors (Lipinski definition) is 6. The highest BCUT2D eigenvalue weighted by Gasteiger charge is 2.25. The van der Waals surface area contributed by atoms with Gasteiger partial charge in [-0.2, -0.15) is 5.10 Å². The second kappa shape index (κ2) is 5.41. The number of carbonyl (C=O) groups excluding carboxylic acids is 2. The number of anilines is 1. The van der Waals surface area contributed by atoms with E-state index in [1.807, 2.05) is 13.8 Å². The van der Waals surface area contributed by atoms with Gasteiger partial charge in [0.05, 0.1) is 18.4 Å². The van der Waals surface area contributed by atoms with Crippen molar-refractivity contribution < 1.29 is 9.59 Å². The molecule has 2 aromatic rings. The fraction of sp³-hybridized carbons (Fsp3) is 0.333. The molecule has 7 nitrogen and oxygen atoms in total. The molecule has 0 spiro atoms. The predicted octanol–water partition coefficient (Wildman–Crippen LogP) is 0.609. The van der Waals surface area contributed by atoms with Gasteiger partial charge in [-0.05, 0) is 19.9 Å². The molecule has 0 saturated carbocycles. The van der Waals surface area contributed by atoms with Crippen molar-refractivity contribution in [2.45, 2.75) is 19.9 Å². The van der Waals surface area contributed by atoms with E-state index in [1.165, 1.54) is 11.1 Å². The first-order valence-electron chi connectivity index (χ1n) is 6.00. The standard InChI is InChI=1S/C12H15N5O2S/c1-6(2)17(5-8(13)18)12(19)10-9(14)7-3-4-15-16-11(7)20-10/h3-4,6H,5,14H2,1-2H3,(H2,13,18). The molecule has 2 amide bonds. The summed E-state index contributed by atoms with van der Waals surface area (Å²) in [4.78, 5) is 25.9. The van der Waals surface area contributed by atoms with Crippen molar-refractivity contribution >= 4 is 39.1 Å². The molecule has 0 aliphatic heterocycles. The van der Waals surface area contributed by atoms with Gasteiger partial charge < -0.3 is 16.4 Å². The number of thiophene rings is 1. The number of hydrogen-bond donors (Lipinski definition) is 2. The number of rotatable bonds is 4. The molecule has 8 heteroatoms. The summed E-state index contributed by atoms with van der Waals surface area (Å²) in [7, 11) is 0. The first kappa shape index (κ1) is 14.2. The summed E-state index contributed by atoms with van der Waals surface area (Å²) < 4.78 is 0. The van der Waals surface area contributed by atoms with Crippen LogP contribution < -0.4 is 11.5 Å². The van der Waals surface area contributed by atoms with E-state index in [0.717, 1.165) is 11.3 Å². The molecule has 2 rings (SSSR count). The first-order chi connectivity index (χ1) is 9.41. The molecule has 0 bridgehead atoms. The van der Waals surface area contributed by atoms with E-state index in [4.69, 9.17) is 11.5 Å². The maximum Gasteiger partial charge on any atom is 0.266 e. The highest BCUT2D eigenvalue weighted by atomic mass is 32.1. The van der Waals surface area contributed by atoms with Crippen LogP contribution in [-0.4, -0.2) is 39.5 Å². The van der Waals surface area contributed by atoms with Gasteiger partial charge in [-0.15, -0.1) is 16.4 Å². The first-order valence-corrected chi connectivity index (χ1v) is 6.82. The number of fused-ring (bicyclic) bond motifs is 1. The molecule has 20 heavy (non-hydrogen) atoms. The zero-order valence-electron chi connectivity index (χ0n) is 11.2. The lowest BCUT2D eigenvalue weighted by Crippen LogP contribution is -2.42.